The van der Waals surface area contributed by atoms with Crippen LogP contribution in [0, 0.1) is 0 Å². The lowest BCUT2D eigenvalue weighted by Crippen LogP contribution is -2.13. The van der Waals surface area contributed by atoms with Crippen LogP contribution in [-0.4, -0.2) is 38.5 Å². The number of hydrogen-bond acceptors (Lipinski definition) is 4. The van der Waals surface area contributed by atoms with Gasteiger partial charge >= 0.3 is 12.1 Å². The number of alkyl halides is 3. The number of sulfone groups is 1. The van der Waals surface area contributed by atoms with E-state index in [1.165, 1.54) is 7.11 Å². The highest BCUT2D eigenvalue weighted by Gasteiger charge is 2.28. The predicted octanol–water partition coefficient (Wildman–Crippen LogP) is 2.51. The van der Waals surface area contributed by atoms with Crippen molar-refractivity contribution in [1.29, 1.82) is 0 Å². The van der Waals surface area contributed by atoms with Crippen LogP contribution in [-0.2, 0) is 9.84 Å². The Hall–Kier alpha value is -1.77. The van der Waals surface area contributed by atoms with E-state index in [1.807, 2.05) is 0 Å². The van der Waals surface area contributed by atoms with E-state index in [1.54, 1.807) is 0 Å². The normalized spacial score (nSPS) is 12.2. The number of aromatic carboxylic acids is 1. The lowest BCUT2D eigenvalue weighted by atomic mass is 10.2. The molecular formula is C12H13F3O5S. The first-order valence-corrected chi connectivity index (χ1v) is 7.43. The Labute approximate surface area is 119 Å². The average Bonchev–Trinajstić information content (AvgIpc) is 2.35. The summed E-state index contributed by atoms with van der Waals surface area (Å²) in [4.78, 5) is 10.6. The van der Waals surface area contributed by atoms with Crippen LogP contribution < -0.4 is 4.74 Å². The van der Waals surface area contributed by atoms with E-state index < -0.39 is 40.6 Å². The second-order valence-electron chi connectivity index (χ2n) is 4.20. The van der Waals surface area contributed by atoms with Gasteiger partial charge in [-0.15, -0.1) is 0 Å². The van der Waals surface area contributed by atoms with Crippen molar-refractivity contribution in [2.45, 2.75) is 23.9 Å². The van der Waals surface area contributed by atoms with Gasteiger partial charge in [-0.2, -0.15) is 13.2 Å². The number of carbonyl (C=O) groups is 1. The van der Waals surface area contributed by atoms with E-state index in [9.17, 15) is 26.4 Å². The zero-order chi connectivity index (χ0) is 16.3. The molecule has 0 aromatic heterocycles. The highest BCUT2D eigenvalue weighted by Crippen LogP contribution is 2.25. The van der Waals surface area contributed by atoms with Gasteiger partial charge in [0, 0.05) is 6.42 Å². The maximum atomic E-state index is 12.0. The Morgan fingerprint density at radius 2 is 1.95 bits per heavy atom. The third kappa shape index (κ3) is 4.92. The summed E-state index contributed by atoms with van der Waals surface area (Å²) in [5.74, 6) is -2.13. The molecule has 0 amide bonds. The third-order valence-corrected chi connectivity index (χ3v) is 4.43. The number of ether oxygens (including phenoxy) is 1. The van der Waals surface area contributed by atoms with Crippen LogP contribution in [0.5, 0.6) is 5.75 Å². The van der Waals surface area contributed by atoms with Crippen molar-refractivity contribution in [3.05, 3.63) is 23.8 Å². The minimum absolute atomic E-state index is 0.0308. The topological polar surface area (TPSA) is 80.7 Å². The largest absolute Gasteiger partial charge is 0.496 e. The standard InChI is InChI=1S/C12H13F3O5S/c1-20-10-4-3-8(7-9(10)11(16)17)21(18,19)6-2-5-12(13,14)15/h3-4,7H,2,5-6H2,1H3,(H,16,17). The van der Waals surface area contributed by atoms with Crippen LogP contribution in [0.4, 0.5) is 13.2 Å². The molecular weight excluding hydrogens is 313 g/mol. The van der Waals surface area contributed by atoms with Crippen LogP contribution in [0.1, 0.15) is 23.2 Å². The molecule has 0 unspecified atom stereocenters. The zero-order valence-electron chi connectivity index (χ0n) is 11.0. The molecule has 9 heteroatoms. The lowest BCUT2D eigenvalue weighted by Gasteiger charge is -2.09. The molecule has 1 aromatic rings. The number of halogens is 3. The Morgan fingerprint density at radius 3 is 2.43 bits per heavy atom. The van der Waals surface area contributed by atoms with Gasteiger partial charge in [0.1, 0.15) is 11.3 Å². The van der Waals surface area contributed by atoms with Crippen molar-refractivity contribution in [3.63, 3.8) is 0 Å². The quantitative estimate of drug-likeness (QED) is 0.869. The summed E-state index contributed by atoms with van der Waals surface area (Å²) in [6.45, 7) is 0. The molecule has 21 heavy (non-hydrogen) atoms. The molecule has 0 aliphatic heterocycles. The summed E-state index contributed by atoms with van der Waals surface area (Å²) in [5.41, 5.74) is -0.366. The van der Waals surface area contributed by atoms with E-state index in [-0.39, 0.29) is 16.2 Å². The van der Waals surface area contributed by atoms with Gasteiger partial charge < -0.3 is 9.84 Å². The SMILES string of the molecule is COc1ccc(S(=O)(=O)CCCC(F)(F)F)cc1C(=O)O. The summed E-state index contributed by atoms with van der Waals surface area (Å²) in [6.07, 6.45) is -6.23. The minimum Gasteiger partial charge on any atom is -0.496 e. The second-order valence-corrected chi connectivity index (χ2v) is 6.31. The van der Waals surface area contributed by atoms with Crippen LogP contribution in [0.2, 0.25) is 0 Å². The van der Waals surface area contributed by atoms with E-state index in [0.29, 0.717) is 0 Å². The predicted molar refractivity (Wildman–Crippen MR) is 67.3 cm³/mol. The second kappa shape index (κ2) is 6.33. The molecule has 1 aromatic carbocycles. The minimum atomic E-state index is -4.43. The molecule has 0 bridgehead atoms. The first kappa shape index (κ1) is 17.3. The molecule has 0 saturated carbocycles. The first-order valence-electron chi connectivity index (χ1n) is 5.77. The summed E-state index contributed by atoms with van der Waals surface area (Å²) < 4.78 is 64.6. The average molecular weight is 326 g/mol. The van der Waals surface area contributed by atoms with Gasteiger partial charge in [0.2, 0.25) is 0 Å². The molecule has 0 spiro atoms. The number of benzene rings is 1. The monoisotopic (exact) mass is 326 g/mol. The molecule has 118 valence electrons. The Bertz CT molecular complexity index is 622. The van der Waals surface area contributed by atoms with Crippen molar-refractivity contribution < 1.29 is 36.2 Å². The first-order chi connectivity index (χ1) is 9.57. The molecule has 0 heterocycles. The van der Waals surface area contributed by atoms with Gasteiger partial charge in [-0.3, -0.25) is 0 Å². The molecule has 0 fully saturated rings. The maximum Gasteiger partial charge on any atom is 0.389 e. The fourth-order valence-electron chi connectivity index (χ4n) is 1.63. The van der Waals surface area contributed by atoms with E-state index >= 15 is 0 Å². The number of carboxylic acid groups (broad SMARTS) is 1. The number of rotatable bonds is 6. The van der Waals surface area contributed by atoms with Crippen molar-refractivity contribution in [3.8, 4) is 5.75 Å². The number of hydrogen-bond donors (Lipinski definition) is 1. The highest BCUT2D eigenvalue weighted by atomic mass is 32.2. The summed E-state index contributed by atoms with van der Waals surface area (Å²) in [6, 6.07) is 3.14. The summed E-state index contributed by atoms with van der Waals surface area (Å²) in [7, 11) is -2.76. The molecule has 0 radical (unpaired) electrons. The molecule has 0 saturated heterocycles. The van der Waals surface area contributed by atoms with Gasteiger partial charge in [0.25, 0.3) is 0 Å². The van der Waals surface area contributed by atoms with E-state index in [4.69, 9.17) is 9.84 Å². The summed E-state index contributed by atoms with van der Waals surface area (Å²) >= 11 is 0. The van der Waals surface area contributed by atoms with E-state index in [0.717, 1.165) is 18.2 Å². The molecule has 1 N–H and O–H groups in total. The Kier molecular flexibility index (Phi) is 5.21. The fourth-order valence-corrected chi connectivity index (χ4v) is 2.96. The van der Waals surface area contributed by atoms with Crippen molar-refractivity contribution in [1.82, 2.24) is 0 Å². The van der Waals surface area contributed by atoms with E-state index in [2.05, 4.69) is 0 Å². The van der Waals surface area contributed by atoms with Crippen LogP contribution in [0.15, 0.2) is 23.1 Å². The number of carboxylic acids is 1. The van der Waals surface area contributed by atoms with Gasteiger partial charge in [-0.25, -0.2) is 13.2 Å². The van der Waals surface area contributed by atoms with Gasteiger partial charge in [0.05, 0.1) is 17.8 Å². The molecule has 5 nitrogen and oxygen atoms in total. The Balaban J connectivity index is 2.99. The summed E-state index contributed by atoms with van der Waals surface area (Å²) in [5, 5.41) is 8.95. The molecule has 0 atom stereocenters. The molecule has 0 aliphatic carbocycles. The van der Waals surface area contributed by atoms with Gasteiger partial charge in [-0.1, -0.05) is 0 Å². The van der Waals surface area contributed by atoms with Crippen LogP contribution in [0.3, 0.4) is 0 Å². The smallest absolute Gasteiger partial charge is 0.389 e. The lowest BCUT2D eigenvalue weighted by molar-refractivity contribution is -0.134. The van der Waals surface area contributed by atoms with Crippen molar-refractivity contribution in [2.24, 2.45) is 0 Å². The Morgan fingerprint density at radius 1 is 1.33 bits per heavy atom. The van der Waals surface area contributed by atoms with Crippen molar-refractivity contribution >= 4 is 15.8 Å². The van der Waals surface area contributed by atoms with Crippen LogP contribution >= 0.6 is 0 Å². The van der Waals surface area contributed by atoms with Gasteiger partial charge in [-0.05, 0) is 24.6 Å². The molecule has 0 aliphatic rings. The third-order valence-electron chi connectivity index (χ3n) is 2.63. The fraction of sp³-hybridized carbons (Fsp3) is 0.417. The highest BCUT2D eigenvalue weighted by molar-refractivity contribution is 7.91. The van der Waals surface area contributed by atoms with Crippen LogP contribution in [0.25, 0.3) is 0 Å². The molecule has 1 rings (SSSR count). The maximum absolute atomic E-state index is 12.0. The number of methoxy groups -OCH3 is 1. The van der Waals surface area contributed by atoms with Gasteiger partial charge in [0.15, 0.2) is 9.84 Å². The van der Waals surface area contributed by atoms with Crippen molar-refractivity contribution in [2.75, 3.05) is 12.9 Å². The zero-order valence-corrected chi connectivity index (χ0v) is 11.8.